The van der Waals surface area contributed by atoms with Crippen molar-refractivity contribution in [1.82, 2.24) is 9.88 Å². The van der Waals surface area contributed by atoms with Gasteiger partial charge < -0.3 is 15.0 Å². The molecule has 0 atom stereocenters. The number of amides is 1. The molecule has 0 aliphatic carbocycles. The average Bonchev–Trinajstić information content (AvgIpc) is 3.08. The molecule has 1 amide bonds. The standard InChI is InChI=1S/C17H18BrN3O3S/c1-3-8-19-17-20-14(11-25-17)16(23)24-10-15(22)21(2)9-12-6-4-5-7-13(12)18/h3-7,11H,1,8-10H2,2H3,(H,19,20). The molecule has 1 heterocycles. The van der Waals surface area contributed by atoms with Crippen molar-refractivity contribution in [3.63, 3.8) is 0 Å². The number of anilines is 1. The van der Waals surface area contributed by atoms with Crippen molar-refractivity contribution >= 4 is 44.3 Å². The van der Waals surface area contributed by atoms with E-state index in [9.17, 15) is 9.59 Å². The lowest BCUT2D eigenvalue weighted by Crippen LogP contribution is -2.31. The van der Waals surface area contributed by atoms with Crippen LogP contribution < -0.4 is 5.32 Å². The van der Waals surface area contributed by atoms with Crippen LogP contribution in [0.25, 0.3) is 0 Å². The maximum absolute atomic E-state index is 12.1. The molecule has 0 unspecified atom stereocenters. The maximum atomic E-state index is 12.1. The van der Waals surface area contributed by atoms with Gasteiger partial charge in [-0.3, -0.25) is 4.79 Å². The van der Waals surface area contributed by atoms with Gasteiger partial charge in [0.15, 0.2) is 17.4 Å². The Morgan fingerprint density at radius 2 is 2.20 bits per heavy atom. The van der Waals surface area contributed by atoms with Gasteiger partial charge in [-0.1, -0.05) is 40.2 Å². The summed E-state index contributed by atoms with van der Waals surface area (Å²) in [6.45, 7) is 4.25. The Balaban J connectivity index is 1.84. The SMILES string of the molecule is C=CCNc1nc(C(=O)OCC(=O)N(C)Cc2ccccc2Br)cs1. The van der Waals surface area contributed by atoms with Crippen LogP contribution in [0.1, 0.15) is 16.1 Å². The van der Waals surface area contributed by atoms with Gasteiger partial charge in [0.05, 0.1) is 0 Å². The summed E-state index contributed by atoms with van der Waals surface area (Å²) >= 11 is 4.73. The van der Waals surface area contributed by atoms with Crippen molar-refractivity contribution in [3.8, 4) is 0 Å². The van der Waals surface area contributed by atoms with E-state index in [-0.39, 0.29) is 18.2 Å². The summed E-state index contributed by atoms with van der Waals surface area (Å²) in [5.74, 6) is -0.908. The quantitative estimate of drug-likeness (QED) is 0.520. The third kappa shape index (κ3) is 5.68. The van der Waals surface area contributed by atoms with Gasteiger partial charge in [0.1, 0.15) is 0 Å². The third-order valence-corrected chi connectivity index (χ3v) is 4.80. The van der Waals surface area contributed by atoms with Gasteiger partial charge in [-0.25, -0.2) is 9.78 Å². The number of carbonyl (C=O) groups is 2. The van der Waals surface area contributed by atoms with E-state index >= 15 is 0 Å². The highest BCUT2D eigenvalue weighted by Gasteiger charge is 2.16. The summed E-state index contributed by atoms with van der Waals surface area (Å²) in [5.41, 5.74) is 1.15. The van der Waals surface area contributed by atoms with Crippen molar-refractivity contribution in [1.29, 1.82) is 0 Å². The lowest BCUT2D eigenvalue weighted by Gasteiger charge is -2.17. The Morgan fingerprint density at radius 1 is 1.44 bits per heavy atom. The predicted octanol–water partition coefficient (Wildman–Crippen LogP) is 3.32. The molecule has 0 saturated heterocycles. The number of carbonyl (C=O) groups excluding carboxylic acids is 2. The molecule has 0 fully saturated rings. The molecule has 0 radical (unpaired) electrons. The van der Waals surface area contributed by atoms with Gasteiger partial charge in [0, 0.05) is 30.0 Å². The Morgan fingerprint density at radius 3 is 2.92 bits per heavy atom. The average molecular weight is 424 g/mol. The molecule has 8 heteroatoms. The topological polar surface area (TPSA) is 71.5 Å². The normalized spacial score (nSPS) is 10.2. The van der Waals surface area contributed by atoms with Crippen LogP contribution in [0.5, 0.6) is 0 Å². The van der Waals surface area contributed by atoms with Crippen LogP contribution in [-0.2, 0) is 16.1 Å². The summed E-state index contributed by atoms with van der Waals surface area (Å²) in [6, 6.07) is 7.64. The Bertz CT molecular complexity index is 763. The molecule has 0 aliphatic rings. The van der Waals surface area contributed by atoms with Gasteiger partial charge in [-0.05, 0) is 11.6 Å². The van der Waals surface area contributed by atoms with Crippen LogP contribution in [0.3, 0.4) is 0 Å². The molecular weight excluding hydrogens is 406 g/mol. The van der Waals surface area contributed by atoms with E-state index in [0.29, 0.717) is 18.2 Å². The fourth-order valence-electron chi connectivity index (χ4n) is 1.89. The fraction of sp³-hybridized carbons (Fsp3) is 0.235. The number of nitrogens with zero attached hydrogens (tertiary/aromatic N) is 2. The van der Waals surface area contributed by atoms with E-state index in [0.717, 1.165) is 10.0 Å². The Labute approximate surface area is 158 Å². The summed E-state index contributed by atoms with van der Waals surface area (Å²) in [7, 11) is 1.66. The van der Waals surface area contributed by atoms with Gasteiger partial charge in [-0.2, -0.15) is 0 Å². The number of nitrogens with one attached hydrogen (secondary N) is 1. The summed E-state index contributed by atoms with van der Waals surface area (Å²) in [5, 5.41) is 5.17. The molecule has 0 bridgehead atoms. The molecule has 1 N–H and O–H groups in total. The first-order chi connectivity index (χ1) is 12.0. The van der Waals surface area contributed by atoms with Crippen LogP contribution in [0.2, 0.25) is 0 Å². The van der Waals surface area contributed by atoms with Crippen LogP contribution in [0, 0.1) is 0 Å². The first-order valence-electron chi connectivity index (χ1n) is 7.46. The van der Waals surface area contributed by atoms with Crippen molar-refractivity contribution in [2.75, 3.05) is 25.5 Å². The summed E-state index contributed by atoms with van der Waals surface area (Å²) in [4.78, 5) is 29.7. The zero-order valence-electron chi connectivity index (χ0n) is 13.7. The number of halogens is 1. The van der Waals surface area contributed by atoms with E-state index in [2.05, 4.69) is 32.8 Å². The van der Waals surface area contributed by atoms with Gasteiger partial charge in [0.25, 0.3) is 5.91 Å². The first kappa shape index (κ1) is 19.1. The molecule has 0 spiro atoms. The second-order valence-corrected chi connectivity index (χ2v) is 6.84. The molecule has 132 valence electrons. The van der Waals surface area contributed by atoms with E-state index in [1.54, 1.807) is 18.5 Å². The minimum atomic E-state index is -0.620. The lowest BCUT2D eigenvalue weighted by molar-refractivity contribution is -0.133. The number of likely N-dealkylation sites (N-methyl/N-ethyl adjacent to an activating group) is 1. The number of benzene rings is 1. The van der Waals surface area contributed by atoms with Crippen molar-refractivity contribution < 1.29 is 14.3 Å². The minimum Gasteiger partial charge on any atom is -0.451 e. The van der Waals surface area contributed by atoms with Crippen LogP contribution in [-0.4, -0.2) is 42.0 Å². The van der Waals surface area contributed by atoms with Crippen molar-refractivity contribution in [2.45, 2.75) is 6.54 Å². The number of aromatic nitrogens is 1. The van der Waals surface area contributed by atoms with Crippen LogP contribution >= 0.6 is 27.3 Å². The molecule has 0 saturated carbocycles. The van der Waals surface area contributed by atoms with Gasteiger partial charge in [-0.15, -0.1) is 17.9 Å². The van der Waals surface area contributed by atoms with Crippen molar-refractivity contribution in [3.05, 3.63) is 58.0 Å². The number of hydrogen-bond acceptors (Lipinski definition) is 6. The first-order valence-corrected chi connectivity index (χ1v) is 9.13. The van der Waals surface area contributed by atoms with Crippen LogP contribution in [0.4, 0.5) is 5.13 Å². The Hall–Kier alpha value is -2.19. The fourth-order valence-corrected chi connectivity index (χ4v) is 2.99. The molecule has 2 rings (SSSR count). The molecule has 1 aromatic carbocycles. The number of hydrogen-bond donors (Lipinski definition) is 1. The molecule has 0 aliphatic heterocycles. The number of esters is 1. The Kier molecular flexibility index (Phi) is 7.15. The zero-order valence-corrected chi connectivity index (χ0v) is 16.1. The second kappa shape index (κ2) is 9.33. The highest BCUT2D eigenvalue weighted by molar-refractivity contribution is 9.10. The minimum absolute atomic E-state index is 0.179. The second-order valence-electron chi connectivity index (χ2n) is 5.12. The summed E-state index contributed by atoms with van der Waals surface area (Å²) < 4.78 is 5.98. The highest BCUT2D eigenvalue weighted by Crippen LogP contribution is 2.18. The van der Waals surface area contributed by atoms with E-state index in [4.69, 9.17) is 4.74 Å². The van der Waals surface area contributed by atoms with E-state index < -0.39 is 5.97 Å². The number of ether oxygens (including phenoxy) is 1. The van der Waals surface area contributed by atoms with E-state index in [1.165, 1.54) is 16.2 Å². The third-order valence-electron chi connectivity index (χ3n) is 3.23. The lowest BCUT2D eigenvalue weighted by atomic mass is 10.2. The zero-order chi connectivity index (χ0) is 18.2. The van der Waals surface area contributed by atoms with Gasteiger partial charge in [0.2, 0.25) is 0 Å². The molecule has 1 aromatic heterocycles. The summed E-state index contributed by atoms with van der Waals surface area (Å²) in [6.07, 6.45) is 1.69. The number of rotatable bonds is 8. The monoisotopic (exact) mass is 423 g/mol. The largest absolute Gasteiger partial charge is 0.451 e. The smallest absolute Gasteiger partial charge is 0.358 e. The van der Waals surface area contributed by atoms with E-state index in [1.807, 2.05) is 24.3 Å². The molecular formula is C17H18BrN3O3S. The highest BCUT2D eigenvalue weighted by atomic mass is 79.9. The molecule has 6 nitrogen and oxygen atoms in total. The predicted molar refractivity (Wildman–Crippen MR) is 102 cm³/mol. The molecule has 2 aromatic rings. The number of thiazole rings is 1. The molecule has 25 heavy (non-hydrogen) atoms. The van der Waals surface area contributed by atoms with Crippen molar-refractivity contribution in [2.24, 2.45) is 0 Å². The van der Waals surface area contributed by atoms with Crippen LogP contribution in [0.15, 0.2) is 46.8 Å². The van der Waals surface area contributed by atoms with Gasteiger partial charge >= 0.3 is 5.97 Å². The maximum Gasteiger partial charge on any atom is 0.358 e.